The van der Waals surface area contributed by atoms with Gasteiger partial charge in [-0.2, -0.15) is 5.10 Å². The highest BCUT2D eigenvalue weighted by Crippen LogP contribution is 2.14. The van der Waals surface area contributed by atoms with Gasteiger partial charge in [0.05, 0.1) is 25.8 Å². The van der Waals surface area contributed by atoms with E-state index in [0.717, 1.165) is 5.56 Å². The Balaban J connectivity index is 1.96. The third-order valence-corrected chi connectivity index (χ3v) is 2.96. The number of hydrogen-bond acceptors (Lipinski definition) is 4. The van der Waals surface area contributed by atoms with Crippen LogP contribution in [0.3, 0.4) is 0 Å². The first-order valence-corrected chi connectivity index (χ1v) is 6.66. The Hall–Kier alpha value is -2.14. The van der Waals surface area contributed by atoms with Crippen LogP contribution in [0.25, 0.3) is 0 Å². The third-order valence-electron chi connectivity index (χ3n) is 2.96. The molecule has 0 saturated heterocycles. The largest absolute Gasteiger partial charge is 0.466 e. The Kier molecular flexibility index (Phi) is 4.90. The summed E-state index contributed by atoms with van der Waals surface area (Å²) >= 11 is 0. The van der Waals surface area contributed by atoms with Crippen LogP contribution in [-0.4, -0.2) is 22.4 Å². The van der Waals surface area contributed by atoms with Gasteiger partial charge in [0.25, 0.3) is 0 Å². The first-order valence-electron chi connectivity index (χ1n) is 6.66. The molecule has 1 atom stereocenters. The molecule has 5 heteroatoms. The molecule has 0 spiro atoms. The van der Waals surface area contributed by atoms with Crippen LogP contribution >= 0.6 is 0 Å². The van der Waals surface area contributed by atoms with Crippen LogP contribution in [0.2, 0.25) is 0 Å². The predicted octanol–water partition coefficient (Wildman–Crippen LogP) is 1.88. The summed E-state index contributed by atoms with van der Waals surface area (Å²) in [6, 6.07) is 9.67. The maximum atomic E-state index is 11.4. The molecule has 0 fully saturated rings. The van der Waals surface area contributed by atoms with Crippen LogP contribution in [0.1, 0.15) is 30.5 Å². The number of aromatic nitrogens is 2. The lowest BCUT2D eigenvalue weighted by Crippen LogP contribution is -2.16. The van der Waals surface area contributed by atoms with E-state index in [2.05, 4.69) is 5.10 Å². The van der Waals surface area contributed by atoms with Crippen molar-refractivity contribution in [1.82, 2.24) is 9.78 Å². The first-order chi connectivity index (χ1) is 9.69. The number of esters is 1. The number of benzene rings is 1. The van der Waals surface area contributed by atoms with Crippen LogP contribution in [0.4, 0.5) is 0 Å². The van der Waals surface area contributed by atoms with E-state index in [4.69, 9.17) is 10.5 Å². The monoisotopic (exact) mass is 273 g/mol. The van der Waals surface area contributed by atoms with Gasteiger partial charge in [0, 0.05) is 17.8 Å². The van der Waals surface area contributed by atoms with Gasteiger partial charge in [-0.3, -0.25) is 9.48 Å². The van der Waals surface area contributed by atoms with E-state index in [0.29, 0.717) is 13.2 Å². The molecule has 2 N–H and O–H groups in total. The lowest BCUT2D eigenvalue weighted by molar-refractivity contribution is -0.143. The molecule has 0 aliphatic heterocycles. The first kappa shape index (κ1) is 14.3. The van der Waals surface area contributed by atoms with E-state index in [1.807, 2.05) is 41.2 Å². The molecule has 0 bridgehead atoms. The lowest BCUT2D eigenvalue weighted by Gasteiger charge is -2.08. The van der Waals surface area contributed by atoms with Gasteiger partial charge < -0.3 is 10.5 Å². The van der Waals surface area contributed by atoms with Crippen molar-refractivity contribution in [2.75, 3.05) is 6.61 Å². The molecule has 106 valence electrons. The molecular formula is C15H19N3O2. The van der Waals surface area contributed by atoms with Crippen molar-refractivity contribution >= 4 is 5.97 Å². The molecule has 5 nitrogen and oxygen atoms in total. The SMILES string of the molecule is CCOC(=O)C[C@H](N)c1cnn(Cc2ccccc2)c1. The van der Waals surface area contributed by atoms with Gasteiger partial charge in [0.2, 0.25) is 0 Å². The molecule has 0 radical (unpaired) electrons. The molecule has 20 heavy (non-hydrogen) atoms. The molecule has 1 aromatic carbocycles. The number of nitrogens with two attached hydrogens (primary N) is 1. The van der Waals surface area contributed by atoms with Gasteiger partial charge in [-0.15, -0.1) is 0 Å². The molecule has 0 aliphatic carbocycles. The summed E-state index contributed by atoms with van der Waals surface area (Å²) in [4.78, 5) is 11.4. The zero-order valence-electron chi connectivity index (χ0n) is 11.5. The average Bonchev–Trinajstić information content (AvgIpc) is 2.89. The van der Waals surface area contributed by atoms with Crippen molar-refractivity contribution in [1.29, 1.82) is 0 Å². The van der Waals surface area contributed by atoms with Crippen LogP contribution in [0.15, 0.2) is 42.7 Å². The van der Waals surface area contributed by atoms with Crippen molar-refractivity contribution in [2.24, 2.45) is 5.73 Å². The number of rotatable bonds is 6. The minimum atomic E-state index is -0.376. The summed E-state index contributed by atoms with van der Waals surface area (Å²) in [6.07, 6.45) is 3.74. The Bertz CT molecular complexity index is 551. The van der Waals surface area contributed by atoms with E-state index < -0.39 is 0 Å². The molecule has 0 aliphatic rings. The summed E-state index contributed by atoms with van der Waals surface area (Å²) in [6.45, 7) is 2.84. The molecule has 1 aromatic heterocycles. The second kappa shape index (κ2) is 6.86. The number of ether oxygens (including phenoxy) is 1. The van der Waals surface area contributed by atoms with E-state index >= 15 is 0 Å². The highest BCUT2D eigenvalue weighted by molar-refractivity contribution is 5.70. The molecule has 2 aromatic rings. The number of carbonyl (C=O) groups excluding carboxylic acids is 1. The number of hydrogen-bond donors (Lipinski definition) is 1. The van der Waals surface area contributed by atoms with Crippen molar-refractivity contribution in [3.05, 3.63) is 53.9 Å². The van der Waals surface area contributed by atoms with E-state index in [9.17, 15) is 4.79 Å². The van der Waals surface area contributed by atoms with Crippen LogP contribution in [0.5, 0.6) is 0 Å². The minimum absolute atomic E-state index is 0.171. The fraction of sp³-hybridized carbons (Fsp3) is 0.333. The maximum Gasteiger partial charge on any atom is 0.307 e. The van der Waals surface area contributed by atoms with Gasteiger partial charge in [-0.1, -0.05) is 30.3 Å². The zero-order chi connectivity index (χ0) is 14.4. The Morgan fingerprint density at radius 3 is 2.85 bits per heavy atom. The Labute approximate surface area is 118 Å². The van der Waals surface area contributed by atoms with Crippen LogP contribution in [0, 0.1) is 0 Å². The Morgan fingerprint density at radius 1 is 1.40 bits per heavy atom. The van der Waals surface area contributed by atoms with Gasteiger partial charge in [0.15, 0.2) is 0 Å². The quantitative estimate of drug-likeness (QED) is 0.816. The average molecular weight is 273 g/mol. The van der Waals surface area contributed by atoms with E-state index in [-0.39, 0.29) is 18.4 Å². The summed E-state index contributed by atoms with van der Waals surface area (Å²) in [5, 5.41) is 4.27. The summed E-state index contributed by atoms with van der Waals surface area (Å²) < 4.78 is 6.71. The van der Waals surface area contributed by atoms with Gasteiger partial charge in [0.1, 0.15) is 0 Å². The smallest absolute Gasteiger partial charge is 0.307 e. The van der Waals surface area contributed by atoms with Gasteiger partial charge in [-0.05, 0) is 12.5 Å². The molecule has 1 heterocycles. The fourth-order valence-electron chi connectivity index (χ4n) is 1.95. The Morgan fingerprint density at radius 2 is 2.15 bits per heavy atom. The van der Waals surface area contributed by atoms with Crippen molar-refractivity contribution < 1.29 is 9.53 Å². The number of carbonyl (C=O) groups is 1. The predicted molar refractivity (Wildman–Crippen MR) is 75.9 cm³/mol. The second-order valence-electron chi connectivity index (χ2n) is 4.57. The summed E-state index contributed by atoms with van der Waals surface area (Å²) in [5.41, 5.74) is 7.99. The fourth-order valence-corrected chi connectivity index (χ4v) is 1.95. The highest BCUT2D eigenvalue weighted by atomic mass is 16.5. The molecule has 2 rings (SSSR count). The van der Waals surface area contributed by atoms with E-state index in [1.54, 1.807) is 13.1 Å². The standard InChI is InChI=1S/C15H19N3O2/c1-2-20-15(19)8-14(16)13-9-17-18(11-13)10-12-6-4-3-5-7-12/h3-7,9,11,14H,2,8,10,16H2,1H3/t14-/m0/s1. The normalized spacial score (nSPS) is 12.1. The highest BCUT2D eigenvalue weighted by Gasteiger charge is 2.14. The lowest BCUT2D eigenvalue weighted by atomic mass is 10.1. The van der Waals surface area contributed by atoms with Crippen molar-refractivity contribution in [3.63, 3.8) is 0 Å². The second-order valence-corrected chi connectivity index (χ2v) is 4.57. The number of nitrogens with zero attached hydrogens (tertiary/aromatic N) is 2. The van der Waals surface area contributed by atoms with Crippen LogP contribution in [-0.2, 0) is 16.1 Å². The van der Waals surface area contributed by atoms with Crippen LogP contribution < -0.4 is 5.73 Å². The minimum Gasteiger partial charge on any atom is -0.466 e. The summed E-state index contributed by atoms with van der Waals surface area (Å²) in [7, 11) is 0. The van der Waals surface area contributed by atoms with Gasteiger partial charge >= 0.3 is 5.97 Å². The topological polar surface area (TPSA) is 70.1 Å². The van der Waals surface area contributed by atoms with Gasteiger partial charge in [-0.25, -0.2) is 0 Å². The maximum absolute atomic E-state index is 11.4. The molecule has 0 amide bonds. The summed E-state index contributed by atoms with van der Waals surface area (Å²) in [5.74, 6) is -0.282. The molecule has 0 unspecified atom stereocenters. The zero-order valence-corrected chi connectivity index (χ0v) is 11.5. The van der Waals surface area contributed by atoms with Crippen molar-refractivity contribution in [3.8, 4) is 0 Å². The molecular weight excluding hydrogens is 254 g/mol. The van der Waals surface area contributed by atoms with E-state index in [1.165, 1.54) is 5.56 Å². The third kappa shape index (κ3) is 3.93. The molecule has 0 saturated carbocycles. The van der Waals surface area contributed by atoms with Crippen molar-refractivity contribution in [2.45, 2.75) is 25.9 Å².